The molecule has 0 aromatic heterocycles. The van der Waals surface area contributed by atoms with Gasteiger partial charge in [0.1, 0.15) is 0 Å². The van der Waals surface area contributed by atoms with Crippen molar-refractivity contribution in [2.75, 3.05) is 25.5 Å². The van der Waals surface area contributed by atoms with E-state index < -0.39 is 29.1 Å². The van der Waals surface area contributed by atoms with Crippen LogP contribution in [0.3, 0.4) is 0 Å². The lowest BCUT2D eigenvalue weighted by Gasteiger charge is -2.50. The van der Waals surface area contributed by atoms with Crippen LogP contribution in [-0.2, 0) is 20.0 Å². The first-order valence-electron chi connectivity index (χ1n) is 10.3. The number of benzene rings is 2. The van der Waals surface area contributed by atoms with E-state index in [0.717, 1.165) is 11.1 Å². The molecule has 0 bridgehead atoms. The Bertz CT molecular complexity index is 1070. The quantitative estimate of drug-likeness (QED) is 0.492. The number of nitrogens with one attached hydrogen (secondary N) is 2. The minimum Gasteiger partial charge on any atom is -0.478 e. The molecule has 0 saturated carbocycles. The van der Waals surface area contributed by atoms with Crippen molar-refractivity contribution in [3.63, 3.8) is 0 Å². The summed E-state index contributed by atoms with van der Waals surface area (Å²) in [6, 6.07) is 15.4. The molecule has 8 heteroatoms. The molecule has 1 heterocycles. The topological polar surface area (TPSA) is 119 Å². The van der Waals surface area contributed by atoms with E-state index in [0.29, 0.717) is 30.4 Å². The van der Waals surface area contributed by atoms with Gasteiger partial charge in [0.25, 0.3) is 0 Å². The van der Waals surface area contributed by atoms with Crippen molar-refractivity contribution in [2.45, 2.75) is 25.4 Å². The molecular weight excluding hydrogens is 410 g/mol. The number of nitrogens with zero attached hydrogens (tertiary/aromatic N) is 1. The second-order valence-corrected chi connectivity index (χ2v) is 7.74. The van der Waals surface area contributed by atoms with Gasteiger partial charge < -0.3 is 20.8 Å². The number of carbonyl (C=O) groups is 3. The van der Waals surface area contributed by atoms with Gasteiger partial charge >= 0.3 is 11.9 Å². The number of fused-ring (bicyclic) bond motifs is 1. The smallest absolute Gasteiger partial charge is 0.336 e. The summed E-state index contributed by atoms with van der Waals surface area (Å²) in [5, 5.41) is 25.6. The van der Waals surface area contributed by atoms with Gasteiger partial charge in [-0.15, -0.1) is 0 Å². The van der Waals surface area contributed by atoms with Gasteiger partial charge in [-0.2, -0.15) is 0 Å². The number of anilines is 1. The molecule has 0 fully saturated rings. The fourth-order valence-corrected chi connectivity index (χ4v) is 4.54. The van der Waals surface area contributed by atoms with E-state index >= 15 is 0 Å². The number of amides is 1. The Kier molecular flexibility index (Phi) is 6.64. The third-order valence-corrected chi connectivity index (χ3v) is 5.68. The first-order valence-corrected chi connectivity index (χ1v) is 10.3. The lowest BCUT2D eigenvalue weighted by Crippen LogP contribution is -2.62. The van der Waals surface area contributed by atoms with Crippen LogP contribution in [0.1, 0.15) is 36.5 Å². The minimum atomic E-state index is -1.69. The zero-order chi connectivity index (χ0) is 23.5. The fourth-order valence-electron chi connectivity index (χ4n) is 4.54. The van der Waals surface area contributed by atoms with E-state index in [1.165, 1.54) is 6.92 Å². The molecule has 3 rings (SSSR count). The third kappa shape index (κ3) is 4.09. The minimum absolute atomic E-state index is 0.114. The zero-order valence-electron chi connectivity index (χ0n) is 18.3. The van der Waals surface area contributed by atoms with Crippen LogP contribution < -0.4 is 10.6 Å². The molecule has 2 unspecified atom stereocenters. The Morgan fingerprint density at radius 3 is 2.38 bits per heavy atom. The van der Waals surface area contributed by atoms with Crippen molar-refractivity contribution in [2.24, 2.45) is 0 Å². The molecule has 0 radical (unpaired) electrons. The molecule has 2 aromatic rings. The van der Waals surface area contributed by atoms with Crippen LogP contribution >= 0.6 is 0 Å². The summed E-state index contributed by atoms with van der Waals surface area (Å²) >= 11 is 0. The molecule has 1 aliphatic heterocycles. The number of carbonyl (C=O) groups excluding carboxylic acids is 1. The molecule has 8 nitrogen and oxygen atoms in total. The van der Waals surface area contributed by atoms with Gasteiger partial charge in [0, 0.05) is 43.3 Å². The largest absolute Gasteiger partial charge is 0.478 e. The van der Waals surface area contributed by atoms with Crippen LogP contribution in [0.15, 0.2) is 60.2 Å². The van der Waals surface area contributed by atoms with Crippen molar-refractivity contribution >= 4 is 23.5 Å². The van der Waals surface area contributed by atoms with E-state index in [2.05, 4.69) is 10.6 Å². The molecule has 32 heavy (non-hydrogen) atoms. The molecule has 4 N–H and O–H groups in total. The predicted octanol–water partition coefficient (Wildman–Crippen LogP) is 2.58. The molecule has 0 saturated heterocycles. The van der Waals surface area contributed by atoms with Gasteiger partial charge in [-0.3, -0.25) is 9.69 Å². The summed E-state index contributed by atoms with van der Waals surface area (Å²) in [6.45, 7) is 4.11. The van der Waals surface area contributed by atoms with Crippen LogP contribution in [0.4, 0.5) is 5.69 Å². The fraction of sp³-hybridized carbons (Fsp3) is 0.292. The highest BCUT2D eigenvalue weighted by molar-refractivity contribution is 5.98. The van der Waals surface area contributed by atoms with Crippen LogP contribution in [0.25, 0.3) is 0 Å². The zero-order valence-corrected chi connectivity index (χ0v) is 18.3. The van der Waals surface area contributed by atoms with E-state index in [9.17, 15) is 24.6 Å². The third-order valence-electron chi connectivity index (χ3n) is 5.68. The highest BCUT2D eigenvalue weighted by Gasteiger charge is 2.51. The summed E-state index contributed by atoms with van der Waals surface area (Å²) in [7, 11) is 1.69. The van der Waals surface area contributed by atoms with Crippen LogP contribution in [0.2, 0.25) is 0 Å². The predicted molar refractivity (Wildman–Crippen MR) is 120 cm³/mol. The molecule has 168 valence electrons. The van der Waals surface area contributed by atoms with E-state index in [1.54, 1.807) is 18.0 Å². The molecule has 0 spiro atoms. The van der Waals surface area contributed by atoms with Crippen molar-refractivity contribution in [3.05, 3.63) is 76.9 Å². The summed E-state index contributed by atoms with van der Waals surface area (Å²) in [5.41, 5.74) is 0.873. The number of hydrogen-bond acceptors (Lipinski definition) is 5. The van der Waals surface area contributed by atoms with Gasteiger partial charge in [0.15, 0.2) is 5.66 Å². The Hall–Kier alpha value is -3.65. The maximum absolute atomic E-state index is 12.4. The average molecular weight is 437 g/mol. The Labute approximate surface area is 186 Å². The van der Waals surface area contributed by atoms with E-state index in [1.807, 2.05) is 49.4 Å². The molecule has 2 atom stereocenters. The van der Waals surface area contributed by atoms with Crippen molar-refractivity contribution < 1.29 is 24.6 Å². The average Bonchev–Trinajstić information content (AvgIpc) is 2.74. The Morgan fingerprint density at radius 2 is 1.81 bits per heavy atom. The molecule has 1 amide bonds. The molecule has 0 aliphatic carbocycles. The van der Waals surface area contributed by atoms with Gasteiger partial charge in [0.05, 0.1) is 5.57 Å². The number of likely N-dealkylation sites (N-methyl/N-ethyl adjacent to an activating group) is 1. The Balaban J connectivity index is 2.43. The summed E-state index contributed by atoms with van der Waals surface area (Å²) in [6.07, 6.45) is 0.657. The van der Waals surface area contributed by atoms with Crippen LogP contribution in [0, 0.1) is 0 Å². The van der Waals surface area contributed by atoms with Crippen molar-refractivity contribution in [1.29, 1.82) is 0 Å². The maximum Gasteiger partial charge on any atom is 0.336 e. The first kappa shape index (κ1) is 23.0. The number of rotatable bonds is 7. The molecule has 1 aliphatic rings. The molecule has 2 aromatic carbocycles. The number of hydrogen-bond donors (Lipinski definition) is 4. The summed E-state index contributed by atoms with van der Waals surface area (Å²) in [5.74, 6) is -3.43. The monoisotopic (exact) mass is 437 g/mol. The van der Waals surface area contributed by atoms with Gasteiger partial charge in [-0.1, -0.05) is 42.5 Å². The summed E-state index contributed by atoms with van der Waals surface area (Å²) < 4.78 is 0. The number of carboxylic acid groups (broad SMARTS) is 2. The SMILES string of the molecule is CCNc1cccc2c1C(NC(C)=O)(C(=CC(=O)O)C(=O)O)N(C)CC2c1ccccc1. The lowest BCUT2D eigenvalue weighted by atomic mass is 9.74. The number of aliphatic carboxylic acids is 2. The highest BCUT2D eigenvalue weighted by Crippen LogP contribution is 2.47. The van der Waals surface area contributed by atoms with Gasteiger partial charge in [0.2, 0.25) is 5.91 Å². The van der Waals surface area contributed by atoms with E-state index in [4.69, 9.17) is 0 Å². The second-order valence-electron chi connectivity index (χ2n) is 7.74. The normalized spacial score (nSPS) is 20.8. The Morgan fingerprint density at radius 1 is 1.12 bits per heavy atom. The van der Waals surface area contributed by atoms with Gasteiger partial charge in [-0.05, 0) is 31.2 Å². The maximum atomic E-state index is 12.4. The number of carboxylic acids is 2. The van der Waals surface area contributed by atoms with E-state index in [-0.39, 0.29) is 5.92 Å². The van der Waals surface area contributed by atoms with Crippen molar-refractivity contribution in [1.82, 2.24) is 10.2 Å². The molecular formula is C24H27N3O5. The standard InChI is InChI=1S/C24H27N3O5/c1-4-25-20-12-8-11-17-18(16-9-6-5-7-10-16)14-27(3)24(22(17)20,26-15(2)28)19(23(31)32)13-21(29)30/h5-13,18,25H,4,14H2,1-3H3,(H,26,28)(H,29,30)(H,31,32). The van der Waals surface area contributed by atoms with Crippen LogP contribution in [0.5, 0.6) is 0 Å². The van der Waals surface area contributed by atoms with Gasteiger partial charge in [-0.25, -0.2) is 9.59 Å². The lowest BCUT2D eigenvalue weighted by molar-refractivity contribution is -0.137. The van der Waals surface area contributed by atoms with Crippen LogP contribution in [-0.4, -0.2) is 53.1 Å². The second kappa shape index (κ2) is 9.23. The first-order chi connectivity index (χ1) is 15.2. The van der Waals surface area contributed by atoms with Crippen molar-refractivity contribution in [3.8, 4) is 0 Å². The highest BCUT2D eigenvalue weighted by atomic mass is 16.4. The summed E-state index contributed by atoms with van der Waals surface area (Å²) in [4.78, 5) is 38.1.